The molecule has 0 aliphatic carbocycles. The fourth-order valence-corrected chi connectivity index (χ4v) is 5.94. The fraction of sp³-hybridized carbons (Fsp3) is 0.333. The second kappa shape index (κ2) is 8.85. The lowest BCUT2D eigenvalue weighted by molar-refractivity contribution is -0.133. The van der Waals surface area contributed by atoms with Crippen LogP contribution in [-0.4, -0.2) is 36.3 Å². The number of ketones is 1. The molecule has 2 aliphatic heterocycles. The Bertz CT molecular complexity index is 1090. The Hall–Kier alpha value is -2.64. The summed E-state index contributed by atoms with van der Waals surface area (Å²) in [5.74, 6) is 1.25. The first-order chi connectivity index (χ1) is 15.2. The maximum absolute atomic E-state index is 13.2. The summed E-state index contributed by atoms with van der Waals surface area (Å²) in [5.41, 5.74) is 1.78. The smallest absolute Gasteiger partial charge is 0.223 e. The van der Waals surface area contributed by atoms with Crippen molar-refractivity contribution in [3.8, 4) is 11.5 Å². The molecule has 0 bridgehead atoms. The van der Waals surface area contributed by atoms with Crippen molar-refractivity contribution >= 4 is 34.4 Å². The van der Waals surface area contributed by atoms with Gasteiger partial charge in [0.05, 0.1) is 19.3 Å². The van der Waals surface area contributed by atoms with E-state index >= 15 is 0 Å². The van der Waals surface area contributed by atoms with Gasteiger partial charge in [-0.15, -0.1) is 22.7 Å². The highest BCUT2D eigenvalue weighted by molar-refractivity contribution is 7.10. The average molecular weight is 454 g/mol. The summed E-state index contributed by atoms with van der Waals surface area (Å²) in [7, 11) is 0. The Labute approximate surface area is 189 Å². The second-order valence-electron chi connectivity index (χ2n) is 7.69. The number of fused-ring (bicyclic) bond motifs is 2. The first-order valence-electron chi connectivity index (χ1n) is 10.5. The van der Waals surface area contributed by atoms with Crippen LogP contribution in [0.5, 0.6) is 11.5 Å². The summed E-state index contributed by atoms with van der Waals surface area (Å²) in [6.45, 7) is 1.88. The lowest BCUT2D eigenvalue weighted by Crippen LogP contribution is -2.39. The highest BCUT2D eigenvalue weighted by Gasteiger charge is 2.33. The molecule has 0 radical (unpaired) electrons. The minimum Gasteiger partial charge on any atom is -0.490 e. The van der Waals surface area contributed by atoms with Crippen LogP contribution >= 0.6 is 22.7 Å². The molecule has 1 aromatic carbocycles. The highest BCUT2D eigenvalue weighted by atomic mass is 32.1. The van der Waals surface area contributed by atoms with E-state index in [4.69, 9.17) is 9.47 Å². The number of thiophene rings is 2. The van der Waals surface area contributed by atoms with Gasteiger partial charge < -0.3 is 14.4 Å². The van der Waals surface area contributed by atoms with E-state index in [0.717, 1.165) is 12.8 Å². The molecule has 7 heteroatoms. The Balaban J connectivity index is 1.29. The van der Waals surface area contributed by atoms with E-state index in [-0.39, 0.29) is 30.6 Å². The molecule has 4 heterocycles. The minimum atomic E-state index is -0.0510. The molecule has 160 valence electrons. The van der Waals surface area contributed by atoms with Crippen molar-refractivity contribution in [2.45, 2.75) is 31.7 Å². The summed E-state index contributed by atoms with van der Waals surface area (Å²) < 4.78 is 11.3. The van der Waals surface area contributed by atoms with E-state index < -0.39 is 0 Å². The van der Waals surface area contributed by atoms with Gasteiger partial charge in [0.15, 0.2) is 17.3 Å². The van der Waals surface area contributed by atoms with Crippen LogP contribution in [0.1, 0.15) is 51.0 Å². The molecule has 0 N–H and O–H groups in total. The van der Waals surface area contributed by atoms with Gasteiger partial charge >= 0.3 is 0 Å². The van der Waals surface area contributed by atoms with Crippen LogP contribution in [0.25, 0.3) is 0 Å². The zero-order valence-electron chi connectivity index (χ0n) is 17.0. The van der Waals surface area contributed by atoms with Crippen LogP contribution in [-0.2, 0) is 11.2 Å². The highest BCUT2D eigenvalue weighted by Crippen LogP contribution is 2.40. The van der Waals surface area contributed by atoms with E-state index in [1.165, 1.54) is 15.3 Å². The van der Waals surface area contributed by atoms with E-state index in [1.54, 1.807) is 40.9 Å². The van der Waals surface area contributed by atoms with Crippen molar-refractivity contribution in [1.82, 2.24) is 4.90 Å². The van der Waals surface area contributed by atoms with Crippen molar-refractivity contribution in [1.29, 1.82) is 0 Å². The number of carbonyl (C=O) groups excluding carboxylic acids is 2. The third-order valence-electron chi connectivity index (χ3n) is 5.73. The van der Waals surface area contributed by atoms with Crippen molar-refractivity contribution in [2.75, 3.05) is 19.8 Å². The number of nitrogens with zero attached hydrogens (tertiary/aromatic N) is 1. The number of hydrogen-bond donors (Lipinski definition) is 0. The number of amides is 1. The minimum absolute atomic E-state index is 0.0259. The molecule has 0 spiro atoms. The van der Waals surface area contributed by atoms with Gasteiger partial charge in [0, 0.05) is 41.1 Å². The van der Waals surface area contributed by atoms with Gasteiger partial charge in [0.1, 0.15) is 0 Å². The Morgan fingerprint density at radius 3 is 2.71 bits per heavy atom. The van der Waals surface area contributed by atoms with E-state index in [0.29, 0.717) is 36.8 Å². The molecule has 2 aliphatic rings. The van der Waals surface area contributed by atoms with Gasteiger partial charge in [0.25, 0.3) is 0 Å². The molecule has 0 saturated heterocycles. The summed E-state index contributed by atoms with van der Waals surface area (Å²) in [6.07, 6.45) is 2.08. The number of ether oxygens (including phenoxy) is 2. The number of hydrogen-bond acceptors (Lipinski definition) is 6. The zero-order chi connectivity index (χ0) is 21.2. The van der Waals surface area contributed by atoms with Gasteiger partial charge in [-0.05, 0) is 53.1 Å². The first kappa shape index (κ1) is 20.3. The third-order valence-corrected chi connectivity index (χ3v) is 7.66. The number of rotatable bonds is 5. The largest absolute Gasteiger partial charge is 0.490 e. The molecule has 1 amide bonds. The van der Waals surface area contributed by atoms with E-state index in [2.05, 4.69) is 17.5 Å². The van der Waals surface area contributed by atoms with Crippen molar-refractivity contribution in [3.63, 3.8) is 0 Å². The monoisotopic (exact) mass is 453 g/mol. The molecule has 0 saturated carbocycles. The van der Waals surface area contributed by atoms with Crippen LogP contribution in [0.2, 0.25) is 0 Å². The van der Waals surface area contributed by atoms with Crippen molar-refractivity contribution in [3.05, 3.63) is 68.0 Å². The first-order valence-corrected chi connectivity index (χ1v) is 12.3. The maximum Gasteiger partial charge on any atom is 0.223 e. The quantitative estimate of drug-likeness (QED) is 0.504. The lowest BCUT2D eigenvalue weighted by atomic mass is 9.97. The SMILES string of the molecule is O=C(CCC(=O)N1CCc2sccc2[C@H]1c1cccs1)c1ccc2c(c1)OCCCO2. The summed E-state index contributed by atoms with van der Waals surface area (Å²) >= 11 is 3.43. The molecule has 0 unspecified atom stereocenters. The standard InChI is InChI=1S/C24H23NO4S2/c26-18(16-4-6-19-20(15-16)29-12-2-11-28-19)5-7-23(27)25-10-8-21-17(9-14-31-21)24(25)22-3-1-13-30-22/h1,3-4,6,9,13-15,24H,2,5,7-8,10-12H2/t24-/m0/s1. The lowest BCUT2D eigenvalue weighted by Gasteiger charge is -2.35. The topological polar surface area (TPSA) is 55.8 Å². The maximum atomic E-state index is 13.2. The molecule has 0 fully saturated rings. The number of Topliss-reactive ketones (excluding diaryl/α,β-unsaturated/α-hetero) is 1. The van der Waals surface area contributed by atoms with Gasteiger partial charge in [0.2, 0.25) is 5.91 Å². The molecule has 5 rings (SSSR count). The van der Waals surface area contributed by atoms with Crippen LogP contribution < -0.4 is 9.47 Å². The van der Waals surface area contributed by atoms with Crippen LogP contribution in [0.4, 0.5) is 0 Å². The number of benzene rings is 1. The van der Waals surface area contributed by atoms with Gasteiger partial charge in [-0.25, -0.2) is 0 Å². The Morgan fingerprint density at radius 1 is 1.00 bits per heavy atom. The molecule has 3 aromatic rings. The fourth-order valence-electron chi connectivity index (χ4n) is 4.18. The summed E-state index contributed by atoms with van der Waals surface area (Å²) in [4.78, 5) is 30.5. The van der Waals surface area contributed by atoms with Gasteiger partial charge in [-0.3, -0.25) is 9.59 Å². The summed E-state index contributed by atoms with van der Waals surface area (Å²) in [6, 6.07) is 11.5. The van der Waals surface area contributed by atoms with Crippen LogP contribution in [0.15, 0.2) is 47.2 Å². The molecule has 5 nitrogen and oxygen atoms in total. The van der Waals surface area contributed by atoms with Crippen molar-refractivity contribution < 1.29 is 19.1 Å². The molecule has 31 heavy (non-hydrogen) atoms. The van der Waals surface area contributed by atoms with Crippen LogP contribution in [0, 0.1) is 0 Å². The zero-order valence-corrected chi connectivity index (χ0v) is 18.7. The summed E-state index contributed by atoms with van der Waals surface area (Å²) in [5, 5.41) is 4.15. The van der Waals surface area contributed by atoms with Gasteiger partial charge in [-0.2, -0.15) is 0 Å². The second-order valence-corrected chi connectivity index (χ2v) is 9.67. The normalized spacial score (nSPS) is 17.7. The number of carbonyl (C=O) groups is 2. The van der Waals surface area contributed by atoms with E-state index in [1.807, 2.05) is 16.3 Å². The van der Waals surface area contributed by atoms with Gasteiger partial charge in [-0.1, -0.05) is 6.07 Å². The molecule has 1 atom stereocenters. The predicted octanol–water partition coefficient (Wildman–Crippen LogP) is 5.11. The van der Waals surface area contributed by atoms with Crippen LogP contribution in [0.3, 0.4) is 0 Å². The molecule has 2 aromatic heterocycles. The molecular formula is C24H23NO4S2. The Morgan fingerprint density at radius 2 is 1.87 bits per heavy atom. The predicted molar refractivity (Wildman–Crippen MR) is 122 cm³/mol. The average Bonchev–Trinajstić information content (AvgIpc) is 3.44. The Kier molecular flexibility index (Phi) is 5.78. The van der Waals surface area contributed by atoms with Crippen molar-refractivity contribution in [2.24, 2.45) is 0 Å². The van der Waals surface area contributed by atoms with E-state index in [9.17, 15) is 9.59 Å². The third kappa shape index (κ3) is 4.12. The molecular weight excluding hydrogens is 430 g/mol.